The lowest BCUT2D eigenvalue weighted by Crippen LogP contribution is -2.17. The molecule has 8 heteroatoms. The van der Waals surface area contributed by atoms with Gasteiger partial charge >= 0.3 is 6.18 Å². The highest BCUT2D eigenvalue weighted by molar-refractivity contribution is 5.85. The van der Waals surface area contributed by atoms with Crippen molar-refractivity contribution in [3.8, 4) is 28.4 Å². The van der Waals surface area contributed by atoms with Crippen LogP contribution in [0.2, 0.25) is 0 Å². The standard InChI is InChI=1S/C23H21F3O5/c1-11(2)14-8-15-18(9-17(14)30-12(3)4)31-22(23(24,25)26)20(21(15)27)13-5-6-16-19(7-13)29-10-28-16/h5-9,11-12H,10H2,1-4H3. The Morgan fingerprint density at radius 2 is 1.71 bits per heavy atom. The molecular formula is C23H21F3O5. The van der Waals surface area contributed by atoms with Crippen molar-refractivity contribution < 1.29 is 31.8 Å². The Bertz CT molecular complexity index is 1210. The number of ether oxygens (including phenoxy) is 3. The third-order valence-electron chi connectivity index (χ3n) is 4.93. The van der Waals surface area contributed by atoms with Crippen LogP contribution < -0.4 is 19.6 Å². The molecule has 0 fully saturated rings. The van der Waals surface area contributed by atoms with Gasteiger partial charge in [0, 0.05) is 6.07 Å². The van der Waals surface area contributed by atoms with E-state index in [4.69, 9.17) is 18.6 Å². The Morgan fingerprint density at radius 1 is 1.00 bits per heavy atom. The van der Waals surface area contributed by atoms with Gasteiger partial charge in [0.25, 0.3) is 0 Å². The number of hydrogen-bond acceptors (Lipinski definition) is 5. The lowest BCUT2D eigenvalue weighted by molar-refractivity contribution is -0.152. The van der Waals surface area contributed by atoms with E-state index in [1.54, 1.807) is 6.07 Å². The topological polar surface area (TPSA) is 57.9 Å². The predicted octanol–water partition coefficient (Wildman–Crippen LogP) is 6.12. The van der Waals surface area contributed by atoms with E-state index in [9.17, 15) is 18.0 Å². The Kier molecular flexibility index (Phi) is 5.11. The molecule has 1 aliphatic rings. The molecule has 4 rings (SSSR count). The molecule has 31 heavy (non-hydrogen) atoms. The Hall–Kier alpha value is -3.16. The van der Waals surface area contributed by atoms with E-state index in [2.05, 4.69) is 0 Å². The van der Waals surface area contributed by atoms with Crippen molar-refractivity contribution in [1.82, 2.24) is 0 Å². The molecule has 0 amide bonds. The third kappa shape index (κ3) is 3.82. The quantitative estimate of drug-likeness (QED) is 0.495. The van der Waals surface area contributed by atoms with E-state index in [1.807, 2.05) is 27.7 Å². The van der Waals surface area contributed by atoms with Gasteiger partial charge in [0.05, 0.1) is 17.1 Å². The fourth-order valence-electron chi connectivity index (χ4n) is 3.56. The Labute approximate surface area is 176 Å². The highest BCUT2D eigenvalue weighted by Crippen LogP contribution is 2.42. The highest BCUT2D eigenvalue weighted by atomic mass is 19.4. The van der Waals surface area contributed by atoms with Crippen molar-refractivity contribution in [3.05, 3.63) is 51.9 Å². The molecule has 0 aliphatic carbocycles. The van der Waals surface area contributed by atoms with E-state index in [-0.39, 0.29) is 41.1 Å². The van der Waals surface area contributed by atoms with Crippen molar-refractivity contribution >= 4 is 11.0 Å². The minimum atomic E-state index is -4.88. The molecule has 3 aromatic rings. The highest BCUT2D eigenvalue weighted by Gasteiger charge is 2.40. The summed E-state index contributed by atoms with van der Waals surface area (Å²) in [5.74, 6) is -0.316. The van der Waals surface area contributed by atoms with Crippen LogP contribution in [0.3, 0.4) is 0 Å². The van der Waals surface area contributed by atoms with Crippen LogP contribution in [0, 0.1) is 0 Å². The molecule has 0 spiro atoms. The fraction of sp³-hybridized carbons (Fsp3) is 0.348. The lowest BCUT2D eigenvalue weighted by atomic mass is 9.97. The van der Waals surface area contributed by atoms with Gasteiger partial charge in [-0.15, -0.1) is 0 Å². The van der Waals surface area contributed by atoms with Gasteiger partial charge in [0.2, 0.25) is 18.0 Å². The minimum absolute atomic E-state index is 0.0196. The normalized spacial score (nSPS) is 13.5. The number of rotatable bonds is 4. The summed E-state index contributed by atoms with van der Waals surface area (Å²) in [6.07, 6.45) is -5.08. The summed E-state index contributed by atoms with van der Waals surface area (Å²) in [4.78, 5) is 13.3. The summed E-state index contributed by atoms with van der Waals surface area (Å²) in [6.45, 7) is 7.42. The molecule has 164 valence electrons. The first kappa shape index (κ1) is 21.1. The van der Waals surface area contributed by atoms with Crippen LogP contribution in [0.15, 0.2) is 39.5 Å². The summed E-state index contributed by atoms with van der Waals surface area (Å²) in [5, 5.41) is 0.0560. The minimum Gasteiger partial charge on any atom is -0.491 e. The van der Waals surface area contributed by atoms with Crippen molar-refractivity contribution in [3.63, 3.8) is 0 Å². The zero-order chi connectivity index (χ0) is 22.5. The number of hydrogen-bond donors (Lipinski definition) is 0. The summed E-state index contributed by atoms with van der Waals surface area (Å²) in [6, 6.07) is 7.14. The molecule has 5 nitrogen and oxygen atoms in total. The molecule has 0 saturated carbocycles. The van der Waals surface area contributed by atoms with Crippen LogP contribution in [0.1, 0.15) is 44.9 Å². The number of fused-ring (bicyclic) bond motifs is 2. The molecule has 0 saturated heterocycles. The van der Waals surface area contributed by atoms with Crippen LogP contribution in [0.4, 0.5) is 13.2 Å². The molecule has 2 heterocycles. The predicted molar refractivity (Wildman–Crippen MR) is 109 cm³/mol. The van der Waals surface area contributed by atoms with Crippen molar-refractivity contribution in [2.24, 2.45) is 0 Å². The molecule has 0 bridgehead atoms. The first-order valence-corrected chi connectivity index (χ1v) is 9.85. The van der Waals surface area contributed by atoms with Crippen molar-refractivity contribution in [1.29, 1.82) is 0 Å². The van der Waals surface area contributed by atoms with E-state index < -0.39 is 22.9 Å². The maximum atomic E-state index is 13.9. The van der Waals surface area contributed by atoms with E-state index in [0.717, 1.165) is 0 Å². The molecule has 0 radical (unpaired) electrons. The van der Waals surface area contributed by atoms with Gasteiger partial charge in [0.1, 0.15) is 11.3 Å². The monoisotopic (exact) mass is 434 g/mol. The molecule has 1 aromatic heterocycles. The van der Waals surface area contributed by atoms with Gasteiger partial charge in [0.15, 0.2) is 11.5 Å². The first-order chi connectivity index (χ1) is 14.6. The first-order valence-electron chi connectivity index (χ1n) is 9.85. The average molecular weight is 434 g/mol. The molecule has 1 aliphatic heterocycles. The zero-order valence-corrected chi connectivity index (χ0v) is 17.4. The molecular weight excluding hydrogens is 413 g/mol. The lowest BCUT2D eigenvalue weighted by Gasteiger charge is -2.18. The van der Waals surface area contributed by atoms with Gasteiger partial charge in [-0.05, 0) is 49.1 Å². The molecule has 0 N–H and O–H groups in total. The molecule has 0 atom stereocenters. The third-order valence-corrected chi connectivity index (χ3v) is 4.93. The van der Waals surface area contributed by atoms with Gasteiger partial charge < -0.3 is 18.6 Å². The van der Waals surface area contributed by atoms with Crippen LogP contribution in [-0.4, -0.2) is 12.9 Å². The SMILES string of the molecule is CC(C)Oc1cc2oc(C(F)(F)F)c(-c3ccc4c(c3)OCO4)c(=O)c2cc1C(C)C. The smallest absolute Gasteiger partial charge is 0.450 e. The van der Waals surface area contributed by atoms with Gasteiger partial charge in [-0.3, -0.25) is 4.79 Å². The van der Waals surface area contributed by atoms with Crippen LogP contribution in [-0.2, 0) is 6.18 Å². The van der Waals surface area contributed by atoms with E-state index in [1.165, 1.54) is 24.3 Å². The van der Waals surface area contributed by atoms with Crippen LogP contribution in [0.5, 0.6) is 17.2 Å². The number of alkyl halides is 3. The van der Waals surface area contributed by atoms with Gasteiger partial charge in [-0.2, -0.15) is 13.2 Å². The zero-order valence-electron chi connectivity index (χ0n) is 17.4. The molecule has 0 unspecified atom stereocenters. The summed E-state index contributed by atoms with van der Waals surface area (Å²) in [5.41, 5.74) is -0.761. The van der Waals surface area contributed by atoms with Crippen molar-refractivity contribution in [2.45, 2.75) is 45.9 Å². The van der Waals surface area contributed by atoms with E-state index in [0.29, 0.717) is 17.1 Å². The summed E-state index contributed by atoms with van der Waals surface area (Å²) < 4.78 is 63.3. The average Bonchev–Trinajstić information content (AvgIpc) is 3.13. The second kappa shape index (κ2) is 7.51. The fourth-order valence-corrected chi connectivity index (χ4v) is 3.56. The van der Waals surface area contributed by atoms with Crippen LogP contribution in [0.25, 0.3) is 22.1 Å². The van der Waals surface area contributed by atoms with E-state index >= 15 is 0 Å². The maximum Gasteiger partial charge on any atom is 0.450 e. The number of benzene rings is 2. The maximum absolute atomic E-state index is 13.9. The summed E-state index contributed by atoms with van der Waals surface area (Å²) >= 11 is 0. The second-order valence-electron chi connectivity index (χ2n) is 7.91. The van der Waals surface area contributed by atoms with Gasteiger partial charge in [-0.1, -0.05) is 19.9 Å². The largest absolute Gasteiger partial charge is 0.491 e. The van der Waals surface area contributed by atoms with Crippen molar-refractivity contribution in [2.75, 3.05) is 6.79 Å². The second-order valence-corrected chi connectivity index (χ2v) is 7.91. The van der Waals surface area contributed by atoms with Crippen LogP contribution >= 0.6 is 0 Å². The summed E-state index contributed by atoms with van der Waals surface area (Å²) in [7, 11) is 0. The van der Waals surface area contributed by atoms with Gasteiger partial charge in [-0.25, -0.2) is 0 Å². The molecule has 2 aromatic carbocycles. The number of halogens is 3. The Morgan fingerprint density at radius 3 is 2.35 bits per heavy atom. The Balaban J connectivity index is 2.03.